The Morgan fingerprint density at radius 1 is 1.72 bits per heavy atom. The van der Waals surface area contributed by atoms with E-state index < -0.39 is 35.1 Å². The predicted molar refractivity (Wildman–Crippen MR) is 51.8 cm³/mol. The maximum atomic E-state index is 12.6. The van der Waals surface area contributed by atoms with E-state index in [1.165, 1.54) is 0 Å². The van der Waals surface area contributed by atoms with Gasteiger partial charge in [0.05, 0.1) is 11.5 Å². The number of halogens is 3. The molecule has 0 aromatic carbocycles. The molecule has 8 nitrogen and oxygen atoms in total. The number of nitro groups is 1. The van der Waals surface area contributed by atoms with E-state index in [4.69, 9.17) is 10.9 Å². The SMILES string of the molecule is N/C(=N/O)C(Cn1cc([N+](=O)[O-])cn1)C(F)(F)F. The van der Waals surface area contributed by atoms with E-state index in [1.54, 1.807) is 0 Å². The summed E-state index contributed by atoms with van der Waals surface area (Å²) in [7, 11) is 0. The molecule has 0 bridgehead atoms. The molecule has 3 N–H and O–H groups in total. The van der Waals surface area contributed by atoms with Crippen molar-refractivity contribution in [2.45, 2.75) is 12.7 Å². The minimum atomic E-state index is -4.75. The van der Waals surface area contributed by atoms with Crippen molar-refractivity contribution in [2.24, 2.45) is 16.8 Å². The number of hydrogen-bond acceptors (Lipinski definition) is 5. The van der Waals surface area contributed by atoms with Gasteiger partial charge in [-0.2, -0.15) is 18.3 Å². The molecule has 0 amide bonds. The Hall–Kier alpha value is -2.33. The number of oxime groups is 1. The fourth-order valence-electron chi connectivity index (χ4n) is 1.17. The third-order valence-electron chi connectivity index (χ3n) is 2.07. The van der Waals surface area contributed by atoms with Crippen LogP contribution in [0.3, 0.4) is 0 Å². The van der Waals surface area contributed by atoms with Crippen molar-refractivity contribution in [3.63, 3.8) is 0 Å². The van der Waals surface area contributed by atoms with E-state index in [2.05, 4.69) is 10.3 Å². The molecule has 0 saturated carbocycles. The maximum absolute atomic E-state index is 12.6. The summed E-state index contributed by atoms with van der Waals surface area (Å²) in [4.78, 5) is 9.53. The Morgan fingerprint density at radius 2 is 2.33 bits per heavy atom. The van der Waals surface area contributed by atoms with Crippen LogP contribution >= 0.6 is 0 Å². The zero-order valence-electron chi connectivity index (χ0n) is 8.70. The van der Waals surface area contributed by atoms with Crippen LogP contribution in [0.25, 0.3) is 0 Å². The second-order valence-corrected chi connectivity index (χ2v) is 3.30. The van der Waals surface area contributed by atoms with Crippen molar-refractivity contribution < 1.29 is 23.3 Å². The highest BCUT2D eigenvalue weighted by atomic mass is 19.4. The van der Waals surface area contributed by atoms with Gasteiger partial charge >= 0.3 is 11.9 Å². The smallest absolute Gasteiger partial charge is 0.400 e. The molecule has 11 heteroatoms. The second-order valence-electron chi connectivity index (χ2n) is 3.30. The molecule has 0 spiro atoms. The standard InChI is InChI=1S/C7H8F3N5O3/c8-7(9,10)5(6(11)13-16)3-14-2-4(1-12-14)15(17)18/h1-2,5,16H,3H2,(H2,11,13). The van der Waals surface area contributed by atoms with Crippen molar-refractivity contribution in [1.29, 1.82) is 0 Å². The predicted octanol–water partition coefficient (Wildman–Crippen LogP) is 0.716. The topological polar surface area (TPSA) is 120 Å². The number of nitrogens with zero attached hydrogens (tertiary/aromatic N) is 4. The summed E-state index contributed by atoms with van der Waals surface area (Å²) < 4.78 is 38.4. The summed E-state index contributed by atoms with van der Waals surface area (Å²) in [5.41, 5.74) is 4.47. The molecule has 0 aliphatic rings. The van der Waals surface area contributed by atoms with Crippen LogP contribution < -0.4 is 5.73 Å². The Labute approximate surface area is 97.6 Å². The fourth-order valence-corrected chi connectivity index (χ4v) is 1.17. The number of hydrogen-bond donors (Lipinski definition) is 2. The Bertz CT molecular complexity index is 469. The first-order valence-electron chi connectivity index (χ1n) is 4.46. The lowest BCUT2D eigenvalue weighted by Crippen LogP contribution is -2.39. The molecule has 0 aliphatic heterocycles. The first-order valence-corrected chi connectivity index (χ1v) is 4.46. The second kappa shape index (κ2) is 4.89. The normalized spacial score (nSPS) is 14.5. The van der Waals surface area contributed by atoms with Crippen molar-refractivity contribution in [2.75, 3.05) is 0 Å². The number of nitrogens with two attached hydrogens (primary N) is 1. The number of alkyl halides is 3. The first-order chi connectivity index (χ1) is 8.25. The van der Waals surface area contributed by atoms with Crippen molar-refractivity contribution in [1.82, 2.24) is 9.78 Å². The van der Waals surface area contributed by atoms with Gasteiger partial charge in [0.2, 0.25) is 0 Å². The molecule has 1 unspecified atom stereocenters. The van der Waals surface area contributed by atoms with E-state index >= 15 is 0 Å². The van der Waals surface area contributed by atoms with Crippen molar-refractivity contribution in [3.8, 4) is 0 Å². The largest absolute Gasteiger partial charge is 0.409 e. The molecule has 100 valence electrons. The molecule has 1 aromatic heterocycles. The van der Waals surface area contributed by atoms with Gasteiger partial charge in [0.1, 0.15) is 18.3 Å². The van der Waals surface area contributed by atoms with Gasteiger partial charge in [0.15, 0.2) is 5.84 Å². The zero-order chi connectivity index (χ0) is 13.9. The fraction of sp³-hybridized carbons (Fsp3) is 0.429. The molecule has 0 aliphatic carbocycles. The van der Waals surface area contributed by atoms with E-state index in [9.17, 15) is 23.3 Å². The van der Waals surface area contributed by atoms with Crippen molar-refractivity contribution in [3.05, 3.63) is 22.5 Å². The molecule has 1 rings (SSSR count). The molecule has 1 aromatic rings. The van der Waals surface area contributed by atoms with Crippen LogP contribution in [0.1, 0.15) is 0 Å². The van der Waals surface area contributed by atoms with Gasteiger partial charge < -0.3 is 10.9 Å². The molecule has 18 heavy (non-hydrogen) atoms. The van der Waals surface area contributed by atoms with Gasteiger partial charge in [-0.25, -0.2) is 0 Å². The maximum Gasteiger partial charge on any atom is 0.400 e. The van der Waals surface area contributed by atoms with Crippen LogP contribution in [0, 0.1) is 16.0 Å². The lowest BCUT2D eigenvalue weighted by molar-refractivity contribution is -0.385. The third kappa shape index (κ3) is 3.09. The van der Waals surface area contributed by atoms with Gasteiger partial charge in [-0.05, 0) is 0 Å². The summed E-state index contributed by atoms with van der Waals surface area (Å²) in [6.45, 7) is -0.812. The summed E-state index contributed by atoms with van der Waals surface area (Å²) in [5.74, 6) is -3.32. The van der Waals surface area contributed by atoms with Crippen LogP contribution in [0.2, 0.25) is 0 Å². The van der Waals surface area contributed by atoms with Crippen LogP contribution in [0.15, 0.2) is 17.5 Å². The molecule has 1 atom stereocenters. The molecule has 1 heterocycles. The first kappa shape index (κ1) is 13.7. The number of rotatable bonds is 4. The van der Waals surface area contributed by atoms with Crippen LogP contribution in [0.4, 0.5) is 18.9 Å². The Balaban J connectivity index is 2.93. The molecule has 0 radical (unpaired) electrons. The average molecular weight is 267 g/mol. The highest BCUT2D eigenvalue weighted by Crippen LogP contribution is 2.28. The van der Waals surface area contributed by atoms with E-state index in [0.29, 0.717) is 4.68 Å². The highest BCUT2D eigenvalue weighted by Gasteiger charge is 2.43. The summed E-state index contributed by atoms with van der Waals surface area (Å²) in [6.07, 6.45) is -3.12. The quantitative estimate of drug-likeness (QED) is 0.274. The lowest BCUT2D eigenvalue weighted by Gasteiger charge is -2.18. The average Bonchev–Trinajstić information content (AvgIpc) is 2.72. The van der Waals surface area contributed by atoms with Crippen molar-refractivity contribution >= 4 is 11.5 Å². The summed E-state index contributed by atoms with van der Waals surface area (Å²) in [6, 6.07) is 0. The molecule has 0 saturated heterocycles. The minimum absolute atomic E-state index is 0.449. The monoisotopic (exact) mass is 267 g/mol. The van der Waals surface area contributed by atoms with Gasteiger partial charge in [-0.3, -0.25) is 14.8 Å². The van der Waals surface area contributed by atoms with Crippen LogP contribution in [0.5, 0.6) is 0 Å². The van der Waals surface area contributed by atoms with Gasteiger partial charge in [0.25, 0.3) is 0 Å². The summed E-state index contributed by atoms with van der Waals surface area (Å²) in [5, 5.41) is 24.3. The molecular formula is C7H8F3N5O3. The number of aromatic nitrogens is 2. The van der Waals surface area contributed by atoms with Crippen LogP contribution in [-0.2, 0) is 6.54 Å². The Morgan fingerprint density at radius 3 is 2.72 bits per heavy atom. The van der Waals surface area contributed by atoms with E-state index in [-0.39, 0.29) is 0 Å². The van der Waals surface area contributed by atoms with Gasteiger partial charge in [0, 0.05) is 0 Å². The summed E-state index contributed by atoms with van der Waals surface area (Å²) >= 11 is 0. The van der Waals surface area contributed by atoms with Gasteiger partial charge in [-0.15, -0.1) is 0 Å². The third-order valence-corrected chi connectivity index (χ3v) is 2.07. The Kier molecular flexibility index (Phi) is 3.73. The van der Waals surface area contributed by atoms with E-state index in [1.807, 2.05) is 0 Å². The number of amidine groups is 1. The van der Waals surface area contributed by atoms with Crippen LogP contribution in [-0.4, -0.2) is 31.9 Å². The molecule has 0 fully saturated rings. The molecular weight excluding hydrogens is 259 g/mol. The lowest BCUT2D eigenvalue weighted by atomic mass is 10.1. The van der Waals surface area contributed by atoms with E-state index in [0.717, 1.165) is 12.4 Å². The highest BCUT2D eigenvalue weighted by molar-refractivity contribution is 5.82. The zero-order valence-corrected chi connectivity index (χ0v) is 8.70. The minimum Gasteiger partial charge on any atom is -0.409 e. The van der Waals surface area contributed by atoms with Gasteiger partial charge in [-0.1, -0.05) is 5.16 Å².